The summed E-state index contributed by atoms with van der Waals surface area (Å²) in [6.45, 7) is 0.713. The number of ether oxygens (including phenoxy) is 1. The highest BCUT2D eigenvalue weighted by Gasteiger charge is 2.22. The largest absolute Gasteiger partial charge is 0.426 e. The zero-order valence-electron chi connectivity index (χ0n) is 13.2. The summed E-state index contributed by atoms with van der Waals surface area (Å²) in [5.41, 5.74) is 1.77. The molecule has 1 saturated heterocycles. The molecule has 0 unspecified atom stereocenters. The van der Waals surface area contributed by atoms with Crippen LogP contribution in [0.25, 0.3) is 0 Å². The van der Waals surface area contributed by atoms with Gasteiger partial charge in [-0.3, -0.25) is 9.59 Å². The van der Waals surface area contributed by atoms with Gasteiger partial charge in [-0.1, -0.05) is 29.8 Å². The van der Waals surface area contributed by atoms with Crippen LogP contribution in [0, 0.1) is 0 Å². The van der Waals surface area contributed by atoms with E-state index in [0.29, 0.717) is 30.2 Å². The number of esters is 1. The molecule has 1 heterocycles. The summed E-state index contributed by atoms with van der Waals surface area (Å²) in [7, 11) is 0. The van der Waals surface area contributed by atoms with E-state index in [-0.39, 0.29) is 18.3 Å². The van der Waals surface area contributed by atoms with Gasteiger partial charge in [-0.25, -0.2) is 0 Å². The predicted octanol–water partition coefficient (Wildman–Crippen LogP) is 4.01. The Morgan fingerprint density at radius 1 is 1.17 bits per heavy atom. The van der Waals surface area contributed by atoms with E-state index in [9.17, 15) is 9.59 Å². The van der Waals surface area contributed by atoms with Crippen molar-refractivity contribution in [2.75, 3.05) is 11.4 Å². The Hall–Kier alpha value is -2.33. The second-order valence-electron chi connectivity index (χ2n) is 5.75. The summed E-state index contributed by atoms with van der Waals surface area (Å²) >= 11 is 5.93. The van der Waals surface area contributed by atoms with Crippen LogP contribution < -0.4 is 9.64 Å². The molecule has 0 atom stereocenters. The molecule has 0 bridgehead atoms. The number of hydrogen-bond acceptors (Lipinski definition) is 3. The Morgan fingerprint density at radius 3 is 2.75 bits per heavy atom. The van der Waals surface area contributed by atoms with E-state index in [1.54, 1.807) is 29.2 Å². The smallest absolute Gasteiger partial charge is 0.311 e. The lowest BCUT2D eigenvalue weighted by Crippen LogP contribution is -2.23. The standard InChI is InChI=1S/C19H18ClNO3/c20-15-5-1-4-14(12-15)9-10-19(23)24-17-7-2-6-16(13-17)21-11-3-8-18(21)22/h1-2,4-7,12-13H,3,8-11H2. The molecule has 5 heteroatoms. The minimum Gasteiger partial charge on any atom is -0.426 e. The molecule has 24 heavy (non-hydrogen) atoms. The Morgan fingerprint density at radius 2 is 2.00 bits per heavy atom. The Labute approximate surface area is 146 Å². The zero-order chi connectivity index (χ0) is 16.9. The maximum atomic E-state index is 12.0. The highest BCUT2D eigenvalue weighted by Crippen LogP contribution is 2.25. The first-order valence-electron chi connectivity index (χ1n) is 7.97. The molecular formula is C19H18ClNO3. The van der Waals surface area contributed by atoms with Gasteiger partial charge in [0.05, 0.1) is 0 Å². The quantitative estimate of drug-likeness (QED) is 0.609. The van der Waals surface area contributed by atoms with Crippen molar-refractivity contribution in [2.24, 2.45) is 0 Å². The highest BCUT2D eigenvalue weighted by atomic mass is 35.5. The molecule has 0 aromatic heterocycles. The van der Waals surface area contributed by atoms with Crippen LogP contribution in [0.5, 0.6) is 5.75 Å². The predicted molar refractivity (Wildman–Crippen MR) is 93.4 cm³/mol. The third-order valence-corrected chi connectivity index (χ3v) is 4.18. The second-order valence-corrected chi connectivity index (χ2v) is 6.19. The van der Waals surface area contributed by atoms with Crippen molar-refractivity contribution in [3.63, 3.8) is 0 Å². The van der Waals surface area contributed by atoms with E-state index < -0.39 is 0 Å². The molecule has 1 aliphatic heterocycles. The van der Waals surface area contributed by atoms with Crippen molar-refractivity contribution in [1.29, 1.82) is 0 Å². The lowest BCUT2D eigenvalue weighted by Gasteiger charge is -2.16. The lowest BCUT2D eigenvalue weighted by atomic mass is 10.1. The van der Waals surface area contributed by atoms with Gasteiger partial charge in [0.25, 0.3) is 0 Å². The van der Waals surface area contributed by atoms with Gasteiger partial charge in [0.1, 0.15) is 5.75 Å². The van der Waals surface area contributed by atoms with Crippen molar-refractivity contribution < 1.29 is 14.3 Å². The van der Waals surface area contributed by atoms with Gasteiger partial charge >= 0.3 is 5.97 Å². The molecule has 2 aromatic carbocycles. The number of halogens is 1. The first-order chi connectivity index (χ1) is 11.6. The lowest BCUT2D eigenvalue weighted by molar-refractivity contribution is -0.134. The molecule has 3 rings (SSSR count). The van der Waals surface area contributed by atoms with E-state index in [4.69, 9.17) is 16.3 Å². The summed E-state index contributed by atoms with van der Waals surface area (Å²) in [4.78, 5) is 25.6. The number of rotatable bonds is 5. The number of carbonyl (C=O) groups excluding carboxylic acids is 2. The van der Waals surface area contributed by atoms with E-state index in [1.807, 2.05) is 24.3 Å². The summed E-state index contributed by atoms with van der Waals surface area (Å²) in [5.74, 6) is 0.266. The van der Waals surface area contributed by atoms with Crippen LogP contribution in [0.1, 0.15) is 24.8 Å². The van der Waals surface area contributed by atoms with Crippen molar-refractivity contribution in [2.45, 2.75) is 25.7 Å². The van der Waals surface area contributed by atoms with Crippen LogP contribution in [0.2, 0.25) is 5.02 Å². The highest BCUT2D eigenvalue weighted by molar-refractivity contribution is 6.30. The van der Waals surface area contributed by atoms with Crippen molar-refractivity contribution >= 4 is 29.2 Å². The van der Waals surface area contributed by atoms with Crippen LogP contribution in [0.4, 0.5) is 5.69 Å². The van der Waals surface area contributed by atoms with Crippen LogP contribution >= 0.6 is 11.6 Å². The number of aryl methyl sites for hydroxylation is 1. The maximum absolute atomic E-state index is 12.0. The molecule has 124 valence electrons. The van der Waals surface area contributed by atoms with Crippen LogP contribution in [0.15, 0.2) is 48.5 Å². The van der Waals surface area contributed by atoms with Gasteiger partial charge in [0, 0.05) is 36.2 Å². The monoisotopic (exact) mass is 343 g/mol. The molecule has 4 nitrogen and oxygen atoms in total. The van der Waals surface area contributed by atoms with Crippen molar-refractivity contribution in [3.8, 4) is 5.75 Å². The van der Waals surface area contributed by atoms with Gasteiger partial charge in [-0.15, -0.1) is 0 Å². The van der Waals surface area contributed by atoms with Gasteiger partial charge < -0.3 is 9.64 Å². The Balaban J connectivity index is 1.59. The van der Waals surface area contributed by atoms with Crippen LogP contribution in [-0.2, 0) is 16.0 Å². The minimum atomic E-state index is -0.306. The number of carbonyl (C=O) groups is 2. The molecule has 1 aliphatic rings. The van der Waals surface area contributed by atoms with Gasteiger partial charge in [-0.05, 0) is 42.7 Å². The van der Waals surface area contributed by atoms with E-state index in [1.165, 1.54) is 0 Å². The SMILES string of the molecule is O=C(CCc1cccc(Cl)c1)Oc1cccc(N2CCCC2=O)c1. The topological polar surface area (TPSA) is 46.6 Å². The van der Waals surface area contributed by atoms with Crippen molar-refractivity contribution in [1.82, 2.24) is 0 Å². The first-order valence-corrected chi connectivity index (χ1v) is 8.35. The average molecular weight is 344 g/mol. The fourth-order valence-electron chi connectivity index (χ4n) is 2.76. The summed E-state index contributed by atoms with van der Waals surface area (Å²) in [6, 6.07) is 14.5. The number of hydrogen-bond donors (Lipinski definition) is 0. The van der Waals surface area contributed by atoms with E-state index in [0.717, 1.165) is 17.7 Å². The maximum Gasteiger partial charge on any atom is 0.311 e. The molecule has 2 aromatic rings. The minimum absolute atomic E-state index is 0.111. The molecular weight excluding hydrogens is 326 g/mol. The van der Waals surface area contributed by atoms with Crippen LogP contribution in [0.3, 0.4) is 0 Å². The fourth-order valence-corrected chi connectivity index (χ4v) is 2.97. The first kappa shape index (κ1) is 16.5. The van der Waals surface area contributed by atoms with E-state index >= 15 is 0 Å². The third kappa shape index (κ3) is 4.15. The Bertz CT molecular complexity index is 760. The third-order valence-electron chi connectivity index (χ3n) is 3.94. The number of amides is 1. The average Bonchev–Trinajstić information content (AvgIpc) is 2.99. The molecule has 0 N–H and O–H groups in total. The fraction of sp³-hybridized carbons (Fsp3) is 0.263. The van der Waals surface area contributed by atoms with Gasteiger partial charge in [-0.2, -0.15) is 0 Å². The van der Waals surface area contributed by atoms with Crippen molar-refractivity contribution in [3.05, 3.63) is 59.1 Å². The van der Waals surface area contributed by atoms with Crippen LogP contribution in [-0.4, -0.2) is 18.4 Å². The molecule has 1 amide bonds. The van der Waals surface area contributed by atoms with Gasteiger partial charge in [0.15, 0.2) is 0 Å². The number of benzene rings is 2. The number of anilines is 1. The second kappa shape index (κ2) is 7.49. The molecule has 0 radical (unpaired) electrons. The molecule has 1 fully saturated rings. The summed E-state index contributed by atoms with van der Waals surface area (Å²) < 4.78 is 5.39. The van der Waals surface area contributed by atoms with Gasteiger partial charge in [0.2, 0.25) is 5.91 Å². The number of nitrogens with zero attached hydrogens (tertiary/aromatic N) is 1. The normalized spacial score (nSPS) is 14.0. The molecule has 0 saturated carbocycles. The zero-order valence-corrected chi connectivity index (χ0v) is 14.0. The molecule has 0 aliphatic carbocycles. The summed E-state index contributed by atoms with van der Waals surface area (Å²) in [6.07, 6.45) is 2.28. The van der Waals surface area contributed by atoms with E-state index in [2.05, 4.69) is 0 Å². The Kier molecular flexibility index (Phi) is 5.16. The summed E-state index contributed by atoms with van der Waals surface area (Å²) in [5, 5.41) is 0.656. The molecule has 0 spiro atoms.